The highest BCUT2D eigenvalue weighted by molar-refractivity contribution is 6.52. The van der Waals surface area contributed by atoms with Gasteiger partial charge in [0.15, 0.2) is 0 Å². The lowest BCUT2D eigenvalue weighted by Crippen LogP contribution is -2.31. The monoisotopic (exact) mass is 223 g/mol. The summed E-state index contributed by atoms with van der Waals surface area (Å²) in [6.07, 6.45) is 0.571. The molecule has 1 aliphatic rings. The number of benzene rings is 1. The highest BCUT2D eigenvalue weighted by Crippen LogP contribution is 2.30. The molecule has 15 heavy (non-hydrogen) atoms. The van der Waals surface area contributed by atoms with E-state index in [0.29, 0.717) is 22.6 Å². The summed E-state index contributed by atoms with van der Waals surface area (Å²) in [4.78, 5) is 34.4. The predicted molar refractivity (Wildman–Crippen MR) is 54.2 cm³/mol. The maximum Gasteiger partial charge on any atom is 0.299 e. The van der Waals surface area contributed by atoms with Crippen LogP contribution in [0.25, 0.3) is 0 Å². The van der Waals surface area contributed by atoms with Crippen molar-refractivity contribution < 1.29 is 14.4 Å². The van der Waals surface area contributed by atoms with Gasteiger partial charge >= 0.3 is 0 Å². The van der Waals surface area contributed by atoms with Gasteiger partial charge < -0.3 is 4.79 Å². The average molecular weight is 224 g/mol. The normalized spacial score (nSPS) is 14.3. The van der Waals surface area contributed by atoms with E-state index in [9.17, 15) is 14.4 Å². The molecule has 76 valence electrons. The molecule has 1 heterocycles. The third-order valence-electron chi connectivity index (χ3n) is 2.19. The fraction of sp³-hybridized carbons (Fsp3) is 0.100. The number of Topliss-reactive ketones (excluding diaryl/α,β-unsaturated/α-hetero) is 1. The Kier molecular flexibility index (Phi) is 2.28. The summed E-state index contributed by atoms with van der Waals surface area (Å²) in [6.45, 7) is -0.127. The zero-order valence-electron chi connectivity index (χ0n) is 7.57. The van der Waals surface area contributed by atoms with E-state index in [-0.39, 0.29) is 6.54 Å². The highest BCUT2D eigenvalue weighted by Gasteiger charge is 2.35. The summed E-state index contributed by atoms with van der Waals surface area (Å²) in [5.74, 6) is -1.28. The van der Waals surface area contributed by atoms with E-state index in [0.717, 1.165) is 4.90 Å². The Bertz CT molecular complexity index is 470. The second-order valence-electron chi connectivity index (χ2n) is 3.07. The predicted octanol–water partition coefficient (Wildman–Crippen LogP) is 1.07. The molecule has 0 saturated heterocycles. The van der Waals surface area contributed by atoms with Crippen molar-refractivity contribution in [3.05, 3.63) is 28.8 Å². The third-order valence-corrected chi connectivity index (χ3v) is 2.43. The van der Waals surface area contributed by atoms with Crippen LogP contribution in [0.2, 0.25) is 5.02 Å². The molecular weight excluding hydrogens is 218 g/mol. The van der Waals surface area contributed by atoms with Crippen LogP contribution in [0.3, 0.4) is 0 Å². The summed E-state index contributed by atoms with van der Waals surface area (Å²) < 4.78 is 0. The van der Waals surface area contributed by atoms with E-state index in [1.54, 1.807) is 0 Å². The number of halogens is 1. The van der Waals surface area contributed by atoms with Crippen LogP contribution < -0.4 is 4.90 Å². The van der Waals surface area contributed by atoms with Gasteiger partial charge in [-0.25, -0.2) is 0 Å². The van der Waals surface area contributed by atoms with Crippen molar-refractivity contribution in [1.82, 2.24) is 0 Å². The van der Waals surface area contributed by atoms with Crippen molar-refractivity contribution in [1.29, 1.82) is 0 Å². The van der Waals surface area contributed by atoms with Crippen LogP contribution in [0, 0.1) is 0 Å². The first-order valence-electron chi connectivity index (χ1n) is 4.24. The Morgan fingerprint density at radius 2 is 2.07 bits per heavy atom. The van der Waals surface area contributed by atoms with Gasteiger partial charge in [-0.3, -0.25) is 14.5 Å². The second kappa shape index (κ2) is 3.47. The Hall–Kier alpha value is -1.68. The zero-order valence-corrected chi connectivity index (χ0v) is 8.32. The molecule has 0 atom stereocenters. The van der Waals surface area contributed by atoms with E-state index < -0.39 is 11.7 Å². The first kappa shape index (κ1) is 9.86. The minimum Gasteiger partial charge on any atom is -0.301 e. The molecule has 0 spiro atoms. The smallest absolute Gasteiger partial charge is 0.299 e. The molecule has 0 bridgehead atoms. The largest absolute Gasteiger partial charge is 0.301 e. The summed E-state index contributed by atoms with van der Waals surface area (Å²) in [6, 6.07) is 4.53. The third kappa shape index (κ3) is 1.43. The van der Waals surface area contributed by atoms with Crippen LogP contribution in [0.1, 0.15) is 10.4 Å². The Balaban J connectivity index is 2.56. The van der Waals surface area contributed by atoms with Gasteiger partial charge in [0, 0.05) is 5.02 Å². The number of aldehydes is 1. The van der Waals surface area contributed by atoms with Crippen LogP contribution in [0.5, 0.6) is 0 Å². The first-order valence-corrected chi connectivity index (χ1v) is 4.62. The quantitative estimate of drug-likeness (QED) is 0.557. The minimum absolute atomic E-state index is 0.127. The molecule has 0 fully saturated rings. The van der Waals surface area contributed by atoms with Crippen LogP contribution in [-0.2, 0) is 9.59 Å². The summed E-state index contributed by atoms with van der Waals surface area (Å²) in [7, 11) is 0. The topological polar surface area (TPSA) is 54.5 Å². The number of anilines is 1. The fourth-order valence-electron chi connectivity index (χ4n) is 1.52. The van der Waals surface area contributed by atoms with Crippen molar-refractivity contribution in [2.75, 3.05) is 11.4 Å². The minimum atomic E-state index is -0.681. The number of fused-ring (bicyclic) bond motifs is 1. The second-order valence-corrected chi connectivity index (χ2v) is 3.51. The van der Waals surface area contributed by atoms with Crippen molar-refractivity contribution in [3.8, 4) is 0 Å². The molecule has 0 aromatic heterocycles. The van der Waals surface area contributed by atoms with E-state index in [1.807, 2.05) is 0 Å². The van der Waals surface area contributed by atoms with Crippen molar-refractivity contribution in [3.63, 3.8) is 0 Å². The van der Waals surface area contributed by atoms with Gasteiger partial charge in [0.25, 0.3) is 11.7 Å². The van der Waals surface area contributed by atoms with Gasteiger partial charge in [-0.2, -0.15) is 0 Å². The Morgan fingerprint density at radius 1 is 1.33 bits per heavy atom. The SMILES string of the molecule is O=CCN1C(=O)C(=O)c2ccc(Cl)cc21. The molecule has 2 rings (SSSR count). The molecule has 0 saturated carbocycles. The number of carbonyl (C=O) groups excluding carboxylic acids is 3. The van der Waals surface area contributed by atoms with E-state index in [2.05, 4.69) is 0 Å². The van der Waals surface area contributed by atoms with E-state index >= 15 is 0 Å². The van der Waals surface area contributed by atoms with Gasteiger partial charge in [0.2, 0.25) is 0 Å². The average Bonchev–Trinajstić information content (AvgIpc) is 2.44. The molecule has 0 N–H and O–H groups in total. The van der Waals surface area contributed by atoms with Gasteiger partial charge in [-0.15, -0.1) is 0 Å². The van der Waals surface area contributed by atoms with Crippen LogP contribution in [0.15, 0.2) is 18.2 Å². The molecule has 1 aromatic carbocycles. The fourth-order valence-corrected chi connectivity index (χ4v) is 1.69. The Labute approximate surface area is 90.4 Å². The molecule has 0 aliphatic carbocycles. The van der Waals surface area contributed by atoms with Gasteiger partial charge in [-0.1, -0.05) is 11.6 Å². The van der Waals surface area contributed by atoms with Gasteiger partial charge in [-0.05, 0) is 18.2 Å². The molecule has 1 aromatic rings. The molecule has 5 heteroatoms. The summed E-state index contributed by atoms with van der Waals surface area (Å²) >= 11 is 5.75. The summed E-state index contributed by atoms with van der Waals surface area (Å²) in [5.41, 5.74) is 0.704. The van der Waals surface area contributed by atoms with E-state index in [1.165, 1.54) is 18.2 Å². The molecule has 4 nitrogen and oxygen atoms in total. The van der Waals surface area contributed by atoms with Crippen molar-refractivity contribution in [2.45, 2.75) is 0 Å². The lowest BCUT2D eigenvalue weighted by molar-refractivity contribution is -0.115. The number of hydrogen-bond acceptors (Lipinski definition) is 3. The number of hydrogen-bond donors (Lipinski definition) is 0. The highest BCUT2D eigenvalue weighted by atomic mass is 35.5. The van der Waals surface area contributed by atoms with Crippen molar-refractivity contribution >= 4 is 35.3 Å². The molecule has 1 amide bonds. The van der Waals surface area contributed by atoms with Gasteiger partial charge in [0.1, 0.15) is 6.29 Å². The summed E-state index contributed by atoms with van der Waals surface area (Å²) in [5, 5.41) is 0.423. The molecular formula is C10H6ClNO3. The number of carbonyl (C=O) groups is 3. The van der Waals surface area contributed by atoms with Gasteiger partial charge in [0.05, 0.1) is 17.8 Å². The Morgan fingerprint density at radius 3 is 2.73 bits per heavy atom. The lowest BCUT2D eigenvalue weighted by atomic mass is 10.1. The number of nitrogens with zero attached hydrogens (tertiary/aromatic N) is 1. The first-order chi connectivity index (χ1) is 7.15. The zero-order chi connectivity index (χ0) is 11.0. The van der Waals surface area contributed by atoms with Crippen LogP contribution in [-0.4, -0.2) is 24.5 Å². The van der Waals surface area contributed by atoms with Crippen LogP contribution in [0.4, 0.5) is 5.69 Å². The van der Waals surface area contributed by atoms with Crippen LogP contribution >= 0.6 is 11.6 Å². The number of rotatable bonds is 2. The van der Waals surface area contributed by atoms with E-state index in [4.69, 9.17) is 11.6 Å². The number of amides is 1. The molecule has 0 radical (unpaired) electrons. The van der Waals surface area contributed by atoms with Crippen molar-refractivity contribution in [2.24, 2.45) is 0 Å². The standard InChI is InChI=1S/C10H6ClNO3/c11-6-1-2-7-8(5-6)12(3-4-13)10(15)9(7)14/h1-2,4-5H,3H2. The number of ketones is 1. The lowest BCUT2D eigenvalue weighted by Gasteiger charge is -2.12. The molecule has 1 aliphatic heterocycles. The maximum absolute atomic E-state index is 11.4. The maximum atomic E-state index is 11.4. The molecule has 0 unspecified atom stereocenters.